The molecule has 7 nitrogen and oxygen atoms in total. The summed E-state index contributed by atoms with van der Waals surface area (Å²) < 4.78 is 10.6. The Hall–Kier alpha value is -3.61. The first-order valence-corrected chi connectivity index (χ1v) is 7.62. The molecule has 0 spiro atoms. The van der Waals surface area contributed by atoms with Gasteiger partial charge >= 0.3 is 0 Å². The fourth-order valence-corrected chi connectivity index (χ4v) is 2.48. The lowest BCUT2D eigenvalue weighted by Gasteiger charge is -2.04. The van der Waals surface area contributed by atoms with E-state index in [-0.39, 0.29) is 11.6 Å². The molecule has 3 aromatic heterocycles. The van der Waals surface area contributed by atoms with Gasteiger partial charge in [-0.15, -0.1) is 0 Å². The minimum atomic E-state index is -0.308. The van der Waals surface area contributed by atoms with Gasteiger partial charge in [0, 0.05) is 17.3 Å². The Morgan fingerprint density at radius 2 is 2.00 bits per heavy atom. The lowest BCUT2D eigenvalue weighted by Crippen LogP contribution is -2.12. The highest BCUT2D eigenvalue weighted by Crippen LogP contribution is 2.24. The molecule has 4 rings (SSSR count). The molecule has 0 aliphatic rings. The van der Waals surface area contributed by atoms with E-state index in [4.69, 9.17) is 8.83 Å². The van der Waals surface area contributed by atoms with Crippen LogP contribution in [-0.2, 0) is 0 Å². The number of anilines is 1. The molecule has 25 heavy (non-hydrogen) atoms. The SMILES string of the molecule is Cc1ncoc1-c1ccc(NC(=O)c2cc(-c3ccco3)[nH]n2)cc1. The number of furan rings is 1. The Labute approximate surface area is 142 Å². The Morgan fingerprint density at radius 3 is 2.68 bits per heavy atom. The third-order valence-corrected chi connectivity index (χ3v) is 3.75. The second-order valence-electron chi connectivity index (χ2n) is 5.44. The van der Waals surface area contributed by atoms with Gasteiger partial charge in [0.2, 0.25) is 0 Å². The zero-order valence-corrected chi connectivity index (χ0v) is 13.3. The van der Waals surface area contributed by atoms with E-state index in [0.29, 0.717) is 22.9 Å². The lowest BCUT2D eigenvalue weighted by atomic mass is 10.1. The predicted octanol–water partition coefficient (Wildman–Crippen LogP) is 3.89. The third kappa shape index (κ3) is 2.94. The lowest BCUT2D eigenvalue weighted by molar-refractivity contribution is 0.102. The van der Waals surface area contributed by atoms with Gasteiger partial charge < -0.3 is 14.2 Å². The van der Waals surface area contributed by atoms with Crippen molar-refractivity contribution < 1.29 is 13.6 Å². The number of rotatable bonds is 4. The zero-order valence-electron chi connectivity index (χ0n) is 13.3. The normalized spacial score (nSPS) is 10.8. The van der Waals surface area contributed by atoms with E-state index < -0.39 is 0 Å². The minimum absolute atomic E-state index is 0.279. The van der Waals surface area contributed by atoms with Gasteiger partial charge in [0.1, 0.15) is 5.69 Å². The number of hydrogen-bond donors (Lipinski definition) is 2. The third-order valence-electron chi connectivity index (χ3n) is 3.75. The average Bonchev–Trinajstić information content (AvgIpc) is 3.36. The molecule has 7 heteroatoms. The predicted molar refractivity (Wildman–Crippen MR) is 90.9 cm³/mol. The molecule has 0 saturated heterocycles. The first-order chi connectivity index (χ1) is 12.2. The molecule has 2 N–H and O–H groups in total. The number of H-pyrrole nitrogens is 1. The van der Waals surface area contributed by atoms with Crippen molar-refractivity contribution in [1.29, 1.82) is 0 Å². The van der Waals surface area contributed by atoms with Gasteiger partial charge in [-0.05, 0) is 43.3 Å². The first-order valence-electron chi connectivity index (χ1n) is 7.62. The minimum Gasteiger partial charge on any atom is -0.463 e. The van der Waals surface area contributed by atoms with Crippen molar-refractivity contribution in [2.45, 2.75) is 6.92 Å². The molecule has 124 valence electrons. The van der Waals surface area contributed by atoms with E-state index in [1.165, 1.54) is 6.39 Å². The highest BCUT2D eigenvalue weighted by Gasteiger charge is 2.13. The fraction of sp³-hybridized carbons (Fsp3) is 0.0556. The molecule has 0 saturated carbocycles. The van der Waals surface area contributed by atoms with Gasteiger partial charge in [-0.2, -0.15) is 5.10 Å². The number of benzene rings is 1. The summed E-state index contributed by atoms with van der Waals surface area (Å²) in [6, 6.07) is 12.5. The number of nitrogens with zero attached hydrogens (tertiary/aromatic N) is 2. The quantitative estimate of drug-likeness (QED) is 0.590. The van der Waals surface area contributed by atoms with Crippen LogP contribution in [0.3, 0.4) is 0 Å². The number of oxazole rings is 1. The summed E-state index contributed by atoms with van der Waals surface area (Å²) in [5.41, 5.74) is 3.30. The summed E-state index contributed by atoms with van der Waals surface area (Å²) in [4.78, 5) is 16.4. The van der Waals surface area contributed by atoms with E-state index in [1.54, 1.807) is 36.6 Å². The molecule has 4 aromatic rings. The van der Waals surface area contributed by atoms with Crippen molar-refractivity contribution in [3.05, 3.63) is 66.5 Å². The molecule has 0 aliphatic heterocycles. The second-order valence-corrected chi connectivity index (χ2v) is 5.44. The molecule has 1 amide bonds. The largest absolute Gasteiger partial charge is 0.463 e. The molecule has 0 radical (unpaired) electrons. The number of nitrogens with one attached hydrogen (secondary N) is 2. The van der Waals surface area contributed by atoms with Gasteiger partial charge in [-0.25, -0.2) is 4.98 Å². The Balaban J connectivity index is 1.49. The first kappa shape index (κ1) is 14.9. The van der Waals surface area contributed by atoms with Crippen LogP contribution in [0.2, 0.25) is 0 Å². The van der Waals surface area contributed by atoms with Crippen molar-refractivity contribution in [2.24, 2.45) is 0 Å². The van der Waals surface area contributed by atoms with Crippen molar-refractivity contribution in [2.75, 3.05) is 5.32 Å². The van der Waals surface area contributed by atoms with Crippen LogP contribution in [0.5, 0.6) is 0 Å². The fourth-order valence-electron chi connectivity index (χ4n) is 2.48. The number of carbonyl (C=O) groups is 1. The number of amides is 1. The number of carbonyl (C=O) groups excluding carboxylic acids is 1. The maximum Gasteiger partial charge on any atom is 0.276 e. The molecule has 0 fully saturated rings. The Bertz CT molecular complexity index is 997. The van der Waals surface area contributed by atoms with Gasteiger partial charge in [-0.1, -0.05) is 0 Å². The van der Waals surface area contributed by atoms with Crippen LogP contribution in [0.4, 0.5) is 5.69 Å². The highest BCUT2D eigenvalue weighted by molar-refractivity contribution is 6.03. The molecule has 1 aromatic carbocycles. The maximum atomic E-state index is 12.3. The van der Waals surface area contributed by atoms with Crippen LogP contribution in [0.25, 0.3) is 22.8 Å². The monoisotopic (exact) mass is 334 g/mol. The second kappa shape index (κ2) is 6.12. The maximum absolute atomic E-state index is 12.3. The molecule has 0 aliphatic carbocycles. The van der Waals surface area contributed by atoms with Gasteiger partial charge in [0.25, 0.3) is 5.91 Å². The van der Waals surface area contributed by atoms with Gasteiger partial charge in [0.15, 0.2) is 23.6 Å². The number of aromatic amines is 1. The van der Waals surface area contributed by atoms with E-state index in [0.717, 1.165) is 11.3 Å². The molecular weight excluding hydrogens is 320 g/mol. The Morgan fingerprint density at radius 1 is 1.16 bits per heavy atom. The molecule has 3 heterocycles. The molecular formula is C18H14N4O3. The standard InChI is InChI=1S/C18H14N4O3/c1-11-17(25-10-19-11)12-4-6-13(7-5-12)20-18(23)15-9-14(21-22-15)16-3-2-8-24-16/h2-10H,1H3,(H,20,23)(H,21,22). The highest BCUT2D eigenvalue weighted by atomic mass is 16.3. The summed E-state index contributed by atoms with van der Waals surface area (Å²) in [6.07, 6.45) is 2.97. The van der Waals surface area contributed by atoms with Crippen LogP contribution < -0.4 is 5.32 Å². The van der Waals surface area contributed by atoms with E-state index in [9.17, 15) is 4.79 Å². The molecule has 0 atom stereocenters. The summed E-state index contributed by atoms with van der Waals surface area (Å²) in [5, 5.41) is 9.61. The average molecular weight is 334 g/mol. The van der Waals surface area contributed by atoms with Crippen molar-refractivity contribution in [1.82, 2.24) is 15.2 Å². The van der Waals surface area contributed by atoms with Crippen molar-refractivity contribution in [3.63, 3.8) is 0 Å². The van der Waals surface area contributed by atoms with E-state index in [1.807, 2.05) is 19.1 Å². The Kier molecular flexibility index (Phi) is 3.66. The van der Waals surface area contributed by atoms with E-state index >= 15 is 0 Å². The van der Waals surface area contributed by atoms with E-state index in [2.05, 4.69) is 20.5 Å². The number of hydrogen-bond acceptors (Lipinski definition) is 5. The smallest absolute Gasteiger partial charge is 0.276 e. The van der Waals surface area contributed by atoms with Crippen LogP contribution in [0.15, 0.2) is 64.0 Å². The summed E-state index contributed by atoms with van der Waals surface area (Å²) >= 11 is 0. The van der Waals surface area contributed by atoms with Gasteiger partial charge in [-0.3, -0.25) is 9.89 Å². The number of aryl methyl sites for hydroxylation is 1. The zero-order chi connectivity index (χ0) is 17.2. The van der Waals surface area contributed by atoms with Crippen LogP contribution >= 0.6 is 0 Å². The molecule has 0 unspecified atom stereocenters. The summed E-state index contributed by atoms with van der Waals surface area (Å²) in [6.45, 7) is 1.88. The summed E-state index contributed by atoms with van der Waals surface area (Å²) in [7, 11) is 0. The van der Waals surface area contributed by atoms with Crippen LogP contribution in [0, 0.1) is 6.92 Å². The molecule has 0 bridgehead atoms. The van der Waals surface area contributed by atoms with Crippen LogP contribution in [-0.4, -0.2) is 21.1 Å². The van der Waals surface area contributed by atoms with Crippen LogP contribution in [0.1, 0.15) is 16.2 Å². The number of aromatic nitrogens is 3. The van der Waals surface area contributed by atoms with Crippen molar-refractivity contribution in [3.8, 4) is 22.8 Å². The van der Waals surface area contributed by atoms with Gasteiger partial charge in [0.05, 0.1) is 12.0 Å². The topological polar surface area (TPSA) is 97.0 Å². The van der Waals surface area contributed by atoms with Crippen molar-refractivity contribution >= 4 is 11.6 Å². The summed E-state index contributed by atoms with van der Waals surface area (Å²) in [5.74, 6) is 1.03.